The van der Waals surface area contributed by atoms with Gasteiger partial charge >= 0.3 is 0 Å². The molecule has 5 nitrogen and oxygen atoms in total. The summed E-state index contributed by atoms with van der Waals surface area (Å²) >= 11 is 0. The van der Waals surface area contributed by atoms with Crippen LogP contribution in [0.25, 0.3) is 0 Å². The van der Waals surface area contributed by atoms with E-state index in [0.29, 0.717) is 6.42 Å². The van der Waals surface area contributed by atoms with Gasteiger partial charge in [-0.2, -0.15) is 5.10 Å². The van der Waals surface area contributed by atoms with Crippen molar-refractivity contribution in [2.24, 2.45) is 13.0 Å². The molecule has 2 atom stereocenters. The van der Waals surface area contributed by atoms with Crippen LogP contribution in [0.15, 0.2) is 0 Å². The van der Waals surface area contributed by atoms with Crippen molar-refractivity contribution in [3.8, 4) is 0 Å². The third kappa shape index (κ3) is 3.32. The molecule has 0 aliphatic rings. The molecule has 0 radical (unpaired) electrons. The quantitative estimate of drug-likeness (QED) is 0.812. The number of aryl methyl sites for hydroxylation is 2. The molecule has 0 fully saturated rings. The van der Waals surface area contributed by atoms with Crippen molar-refractivity contribution in [1.82, 2.24) is 15.1 Å². The number of hydrogen-bond donors (Lipinski definition) is 2. The summed E-state index contributed by atoms with van der Waals surface area (Å²) < 4.78 is 1.84. The highest BCUT2D eigenvalue weighted by atomic mass is 16.3. The van der Waals surface area contributed by atoms with E-state index >= 15 is 0 Å². The van der Waals surface area contributed by atoms with Gasteiger partial charge in [0, 0.05) is 24.7 Å². The zero-order valence-electron chi connectivity index (χ0n) is 11.8. The normalized spacial score (nSPS) is 14.3. The molecule has 0 saturated heterocycles. The molecule has 0 aliphatic carbocycles. The van der Waals surface area contributed by atoms with Crippen molar-refractivity contribution < 1.29 is 9.90 Å². The zero-order valence-corrected chi connectivity index (χ0v) is 11.8. The smallest absolute Gasteiger partial charge is 0.223 e. The van der Waals surface area contributed by atoms with Crippen LogP contribution >= 0.6 is 0 Å². The Kier molecular flexibility index (Phi) is 4.90. The number of aliphatic hydroxyl groups is 1. The molecule has 1 aromatic heterocycles. The van der Waals surface area contributed by atoms with E-state index in [4.69, 9.17) is 5.11 Å². The summed E-state index contributed by atoms with van der Waals surface area (Å²) in [5.41, 5.74) is 3.21. The van der Waals surface area contributed by atoms with Gasteiger partial charge in [0.1, 0.15) is 0 Å². The molecule has 1 heterocycles. The molecular weight excluding hydrogens is 230 g/mol. The average Bonchev–Trinajstić information content (AvgIpc) is 2.55. The topological polar surface area (TPSA) is 67.2 Å². The molecule has 0 aromatic carbocycles. The SMILES string of the molecule is Cc1nn(C)c(C)c1CC(C)C(=O)NC(C)CO. The average molecular weight is 253 g/mol. The van der Waals surface area contributed by atoms with Gasteiger partial charge in [-0.1, -0.05) is 6.92 Å². The molecule has 5 heteroatoms. The van der Waals surface area contributed by atoms with Crippen molar-refractivity contribution in [3.05, 3.63) is 17.0 Å². The fourth-order valence-electron chi connectivity index (χ4n) is 1.94. The predicted molar refractivity (Wildman–Crippen MR) is 70.2 cm³/mol. The van der Waals surface area contributed by atoms with E-state index in [1.54, 1.807) is 6.92 Å². The summed E-state index contributed by atoms with van der Waals surface area (Å²) in [5, 5.41) is 16.0. The Morgan fingerprint density at radius 1 is 1.44 bits per heavy atom. The van der Waals surface area contributed by atoms with E-state index in [1.165, 1.54) is 0 Å². The van der Waals surface area contributed by atoms with Gasteiger partial charge in [-0.25, -0.2) is 0 Å². The van der Waals surface area contributed by atoms with Crippen molar-refractivity contribution in [2.75, 3.05) is 6.61 Å². The van der Waals surface area contributed by atoms with Crippen LogP contribution in [0, 0.1) is 19.8 Å². The summed E-state index contributed by atoms with van der Waals surface area (Å²) in [4.78, 5) is 11.9. The van der Waals surface area contributed by atoms with Crippen molar-refractivity contribution in [2.45, 2.75) is 40.2 Å². The van der Waals surface area contributed by atoms with Crippen LogP contribution < -0.4 is 5.32 Å². The zero-order chi connectivity index (χ0) is 13.9. The molecule has 2 N–H and O–H groups in total. The number of carbonyl (C=O) groups excluding carboxylic acids is 1. The van der Waals surface area contributed by atoms with Crippen LogP contribution in [0.3, 0.4) is 0 Å². The number of nitrogens with one attached hydrogen (secondary N) is 1. The lowest BCUT2D eigenvalue weighted by Crippen LogP contribution is -2.39. The van der Waals surface area contributed by atoms with E-state index in [0.717, 1.165) is 17.0 Å². The highest BCUT2D eigenvalue weighted by Gasteiger charge is 2.19. The van der Waals surface area contributed by atoms with Crippen LogP contribution in [-0.2, 0) is 18.3 Å². The number of carbonyl (C=O) groups is 1. The summed E-state index contributed by atoms with van der Waals surface area (Å²) in [6.07, 6.45) is 0.676. The van der Waals surface area contributed by atoms with Gasteiger partial charge in [0.05, 0.1) is 12.3 Å². The number of nitrogens with zero attached hydrogens (tertiary/aromatic N) is 2. The van der Waals surface area contributed by atoms with Crippen LogP contribution in [0.2, 0.25) is 0 Å². The third-order valence-electron chi connectivity index (χ3n) is 3.28. The van der Waals surface area contributed by atoms with Gasteiger partial charge in [0.2, 0.25) is 5.91 Å². The molecule has 102 valence electrons. The van der Waals surface area contributed by atoms with Gasteiger partial charge < -0.3 is 10.4 Å². The van der Waals surface area contributed by atoms with Gasteiger partial charge in [0.25, 0.3) is 0 Å². The lowest BCUT2D eigenvalue weighted by atomic mass is 9.98. The van der Waals surface area contributed by atoms with Crippen LogP contribution in [-0.4, -0.2) is 33.4 Å². The Morgan fingerprint density at radius 2 is 2.06 bits per heavy atom. The Bertz CT molecular complexity index is 426. The second kappa shape index (κ2) is 6.00. The first-order valence-electron chi connectivity index (χ1n) is 6.27. The number of hydrogen-bond acceptors (Lipinski definition) is 3. The second-order valence-corrected chi connectivity index (χ2v) is 4.97. The van der Waals surface area contributed by atoms with Crippen molar-refractivity contribution in [1.29, 1.82) is 0 Å². The van der Waals surface area contributed by atoms with Crippen LogP contribution in [0.4, 0.5) is 0 Å². The lowest BCUT2D eigenvalue weighted by Gasteiger charge is -2.16. The molecular formula is C13H23N3O2. The number of rotatable bonds is 5. The molecule has 1 rings (SSSR count). The minimum absolute atomic E-state index is 0.0285. The Morgan fingerprint density at radius 3 is 2.50 bits per heavy atom. The van der Waals surface area contributed by atoms with E-state index in [9.17, 15) is 4.79 Å². The fraction of sp³-hybridized carbons (Fsp3) is 0.692. The van der Waals surface area contributed by atoms with Gasteiger partial charge in [-0.15, -0.1) is 0 Å². The largest absolute Gasteiger partial charge is 0.394 e. The first-order valence-corrected chi connectivity index (χ1v) is 6.27. The molecule has 18 heavy (non-hydrogen) atoms. The maximum atomic E-state index is 11.9. The van der Waals surface area contributed by atoms with E-state index in [1.807, 2.05) is 32.5 Å². The minimum atomic E-state index is -0.198. The molecule has 0 spiro atoms. The number of aromatic nitrogens is 2. The van der Waals surface area contributed by atoms with Gasteiger partial charge in [0.15, 0.2) is 0 Å². The summed E-state index contributed by atoms with van der Waals surface area (Å²) in [7, 11) is 1.91. The molecule has 1 aromatic rings. The Balaban J connectivity index is 2.69. The lowest BCUT2D eigenvalue weighted by molar-refractivity contribution is -0.125. The van der Waals surface area contributed by atoms with Crippen LogP contribution in [0.5, 0.6) is 0 Å². The maximum Gasteiger partial charge on any atom is 0.223 e. The molecule has 0 saturated carbocycles. The van der Waals surface area contributed by atoms with E-state index in [2.05, 4.69) is 10.4 Å². The minimum Gasteiger partial charge on any atom is -0.394 e. The summed E-state index contributed by atoms with van der Waals surface area (Å²) in [5.74, 6) is -0.153. The maximum absolute atomic E-state index is 11.9. The summed E-state index contributed by atoms with van der Waals surface area (Å²) in [6.45, 7) is 7.61. The third-order valence-corrected chi connectivity index (χ3v) is 3.28. The standard InChI is InChI=1S/C13H23N3O2/c1-8(13(18)14-9(2)7-17)6-12-10(3)15-16(5)11(12)4/h8-9,17H,6-7H2,1-5H3,(H,14,18). The highest BCUT2D eigenvalue weighted by molar-refractivity contribution is 5.78. The molecule has 1 amide bonds. The van der Waals surface area contributed by atoms with Gasteiger partial charge in [-0.3, -0.25) is 9.48 Å². The first kappa shape index (κ1) is 14.7. The Labute approximate surface area is 108 Å². The van der Waals surface area contributed by atoms with Crippen molar-refractivity contribution >= 4 is 5.91 Å². The second-order valence-electron chi connectivity index (χ2n) is 4.97. The Hall–Kier alpha value is -1.36. The monoisotopic (exact) mass is 253 g/mol. The molecule has 0 aliphatic heterocycles. The molecule has 2 unspecified atom stereocenters. The molecule has 0 bridgehead atoms. The van der Waals surface area contributed by atoms with Crippen LogP contribution in [0.1, 0.15) is 30.8 Å². The van der Waals surface area contributed by atoms with E-state index < -0.39 is 0 Å². The predicted octanol–water partition coefficient (Wildman–Crippen LogP) is 0.713. The van der Waals surface area contributed by atoms with Crippen molar-refractivity contribution in [3.63, 3.8) is 0 Å². The fourth-order valence-corrected chi connectivity index (χ4v) is 1.94. The van der Waals surface area contributed by atoms with E-state index in [-0.39, 0.29) is 24.5 Å². The highest BCUT2D eigenvalue weighted by Crippen LogP contribution is 2.17. The number of aliphatic hydroxyl groups excluding tert-OH is 1. The first-order chi connectivity index (χ1) is 8.36. The van der Waals surface area contributed by atoms with Gasteiger partial charge in [-0.05, 0) is 32.8 Å². The summed E-state index contributed by atoms with van der Waals surface area (Å²) in [6, 6.07) is -0.198. The number of amides is 1.